The van der Waals surface area contributed by atoms with Gasteiger partial charge in [0.1, 0.15) is 0 Å². The molecule has 6 nitrogen and oxygen atoms in total. The van der Waals surface area contributed by atoms with Crippen molar-refractivity contribution in [2.24, 2.45) is 11.5 Å². The van der Waals surface area contributed by atoms with Gasteiger partial charge < -0.3 is 21.7 Å². The van der Waals surface area contributed by atoms with Gasteiger partial charge in [0.25, 0.3) is 12.9 Å². The van der Waals surface area contributed by atoms with Crippen LogP contribution in [0.25, 0.3) is 0 Å². The minimum absolute atomic E-state index is 0. The molecule has 0 aromatic carbocycles. The SMILES string of the molecule is C.C.C.C.CC(C)N.CC(C)N.O=CO.O=CO. The first kappa shape index (κ1) is 54.0. The fourth-order valence-electron chi connectivity index (χ4n) is 0. The number of carbonyl (C=O) groups is 2. The predicted octanol–water partition coefficient (Wildman–Crippen LogP) is 2.65. The summed E-state index contributed by atoms with van der Waals surface area (Å²) in [5, 5.41) is 13.8. The summed E-state index contributed by atoms with van der Waals surface area (Å²) in [5.74, 6) is 0. The Labute approximate surface area is 114 Å². The lowest BCUT2D eigenvalue weighted by molar-refractivity contribution is -0.123. The van der Waals surface area contributed by atoms with Crippen molar-refractivity contribution in [3.8, 4) is 0 Å². The molecule has 0 aliphatic carbocycles. The molecule has 0 saturated heterocycles. The standard InChI is InChI=1S/2C3H9N.2CH2O2.4CH4/c2*1-3(2)4;2*2-1-3;;;;/h2*3H,4H2,1-2H3;2*1H,(H,2,3);4*1H4. The van der Waals surface area contributed by atoms with E-state index >= 15 is 0 Å². The van der Waals surface area contributed by atoms with Crippen LogP contribution in [0.5, 0.6) is 0 Å². The van der Waals surface area contributed by atoms with Gasteiger partial charge in [-0.1, -0.05) is 57.4 Å². The van der Waals surface area contributed by atoms with Gasteiger partial charge in [0.15, 0.2) is 0 Å². The molecule has 0 fully saturated rings. The van der Waals surface area contributed by atoms with Crippen LogP contribution in [0.15, 0.2) is 0 Å². The van der Waals surface area contributed by atoms with Crippen molar-refractivity contribution < 1.29 is 19.8 Å². The Hall–Kier alpha value is -1.14. The van der Waals surface area contributed by atoms with Gasteiger partial charge in [0, 0.05) is 0 Å². The molecule has 0 aliphatic heterocycles. The number of hydrogen-bond donors (Lipinski definition) is 4. The molecule has 120 valence electrons. The molecule has 6 N–H and O–H groups in total. The largest absolute Gasteiger partial charge is 0.483 e. The van der Waals surface area contributed by atoms with E-state index < -0.39 is 0 Å². The zero-order valence-corrected chi connectivity index (χ0v) is 9.18. The van der Waals surface area contributed by atoms with Crippen LogP contribution in [-0.2, 0) is 9.59 Å². The minimum Gasteiger partial charge on any atom is -0.483 e. The summed E-state index contributed by atoms with van der Waals surface area (Å²) < 4.78 is 0. The van der Waals surface area contributed by atoms with E-state index in [4.69, 9.17) is 31.3 Å². The molecule has 0 spiro atoms. The summed E-state index contributed by atoms with van der Waals surface area (Å²) in [5.41, 5.74) is 10.2. The Morgan fingerprint density at radius 2 is 0.722 bits per heavy atom. The van der Waals surface area contributed by atoms with Crippen molar-refractivity contribution in [2.75, 3.05) is 0 Å². The molecule has 0 heterocycles. The van der Waals surface area contributed by atoms with E-state index in [2.05, 4.69) is 0 Å². The van der Waals surface area contributed by atoms with Gasteiger partial charge in [0.2, 0.25) is 0 Å². The molecule has 0 aliphatic rings. The van der Waals surface area contributed by atoms with Crippen LogP contribution in [0.3, 0.4) is 0 Å². The fourth-order valence-corrected chi connectivity index (χ4v) is 0. The molecular weight excluding hydrogens is 236 g/mol. The molecule has 0 amide bonds. The average Bonchev–Trinajstić information content (AvgIpc) is 1.85. The smallest absolute Gasteiger partial charge is 0.290 e. The first-order valence-electron chi connectivity index (χ1n) is 3.96. The van der Waals surface area contributed by atoms with Gasteiger partial charge in [-0.15, -0.1) is 0 Å². The molecule has 0 rings (SSSR count). The zero-order chi connectivity index (χ0) is 12.6. The molecule has 0 unspecified atom stereocenters. The monoisotopic (exact) mass is 274 g/mol. The summed E-state index contributed by atoms with van der Waals surface area (Å²) in [6, 6.07) is 0.667. The quantitative estimate of drug-likeness (QED) is 0.503. The second-order valence-electron chi connectivity index (χ2n) is 2.70. The predicted molar refractivity (Wildman–Crippen MR) is 83.0 cm³/mol. The first-order valence-corrected chi connectivity index (χ1v) is 3.96. The van der Waals surface area contributed by atoms with Crippen LogP contribution in [-0.4, -0.2) is 35.2 Å². The van der Waals surface area contributed by atoms with Crippen molar-refractivity contribution in [1.29, 1.82) is 0 Å². The third-order valence-electron chi connectivity index (χ3n) is 0. The third-order valence-corrected chi connectivity index (χ3v) is 0. The van der Waals surface area contributed by atoms with Gasteiger partial charge >= 0.3 is 0 Å². The van der Waals surface area contributed by atoms with Crippen LogP contribution >= 0.6 is 0 Å². The van der Waals surface area contributed by atoms with Crippen LogP contribution in [0.4, 0.5) is 0 Å². The molecule has 0 radical (unpaired) electrons. The van der Waals surface area contributed by atoms with E-state index in [9.17, 15) is 0 Å². The topological polar surface area (TPSA) is 127 Å². The highest BCUT2D eigenvalue weighted by Crippen LogP contribution is 1.58. The van der Waals surface area contributed by atoms with E-state index in [1.54, 1.807) is 0 Å². The highest BCUT2D eigenvalue weighted by molar-refractivity contribution is 5.32. The normalized spacial score (nSPS) is 5.33. The summed E-state index contributed by atoms with van der Waals surface area (Å²) in [6.45, 7) is 7.28. The van der Waals surface area contributed by atoms with Gasteiger partial charge in [0.05, 0.1) is 0 Å². The number of nitrogens with two attached hydrogens (primary N) is 2. The Bertz CT molecular complexity index is 82.6. The Morgan fingerprint density at radius 3 is 0.722 bits per heavy atom. The summed E-state index contributed by atoms with van der Waals surface area (Å²) in [6.07, 6.45) is 0. The maximum Gasteiger partial charge on any atom is 0.290 e. The lowest BCUT2D eigenvalue weighted by Crippen LogP contribution is -2.07. The van der Waals surface area contributed by atoms with E-state index in [0.717, 1.165) is 0 Å². The lowest BCUT2D eigenvalue weighted by atomic mass is 10.4. The fraction of sp³-hybridized carbons (Fsp3) is 0.833. The number of rotatable bonds is 0. The van der Waals surface area contributed by atoms with Crippen LogP contribution in [0, 0.1) is 0 Å². The van der Waals surface area contributed by atoms with E-state index in [-0.39, 0.29) is 42.7 Å². The van der Waals surface area contributed by atoms with Gasteiger partial charge in [-0.25, -0.2) is 0 Å². The Kier molecular flexibility index (Phi) is 223. The Morgan fingerprint density at radius 1 is 0.722 bits per heavy atom. The molecule has 6 heteroatoms. The van der Waals surface area contributed by atoms with Crippen molar-refractivity contribution in [1.82, 2.24) is 0 Å². The van der Waals surface area contributed by atoms with Crippen molar-refractivity contribution in [3.63, 3.8) is 0 Å². The van der Waals surface area contributed by atoms with Crippen LogP contribution in [0.2, 0.25) is 0 Å². The molecular formula is C12H38N2O4. The molecule has 0 saturated carbocycles. The van der Waals surface area contributed by atoms with Crippen molar-refractivity contribution in [2.45, 2.75) is 69.5 Å². The van der Waals surface area contributed by atoms with Gasteiger partial charge in [-0.3, -0.25) is 9.59 Å². The highest BCUT2D eigenvalue weighted by Gasteiger charge is 1.67. The second-order valence-corrected chi connectivity index (χ2v) is 2.70. The third kappa shape index (κ3) is 2200. The maximum absolute atomic E-state index is 8.36. The average molecular weight is 274 g/mol. The van der Waals surface area contributed by atoms with Crippen LogP contribution in [0.1, 0.15) is 57.4 Å². The maximum atomic E-state index is 8.36. The molecule has 0 aromatic heterocycles. The molecule has 0 aromatic rings. The van der Waals surface area contributed by atoms with Crippen LogP contribution < -0.4 is 11.5 Å². The first-order chi connectivity index (χ1) is 6.29. The van der Waals surface area contributed by atoms with Crippen molar-refractivity contribution in [3.05, 3.63) is 0 Å². The van der Waals surface area contributed by atoms with E-state index in [1.165, 1.54) is 0 Å². The zero-order valence-electron chi connectivity index (χ0n) is 9.18. The summed E-state index contributed by atoms with van der Waals surface area (Å²) in [4.78, 5) is 16.7. The Balaban J connectivity index is -0.0000000116. The van der Waals surface area contributed by atoms with E-state index in [1.807, 2.05) is 27.7 Å². The number of hydrogen-bond acceptors (Lipinski definition) is 4. The minimum atomic E-state index is -0.250. The second kappa shape index (κ2) is 74.4. The van der Waals surface area contributed by atoms with Gasteiger partial charge in [-0.2, -0.15) is 0 Å². The van der Waals surface area contributed by atoms with E-state index in [0.29, 0.717) is 12.1 Å². The summed E-state index contributed by atoms with van der Waals surface area (Å²) >= 11 is 0. The molecule has 0 atom stereocenters. The molecule has 0 bridgehead atoms. The van der Waals surface area contributed by atoms with Crippen molar-refractivity contribution >= 4 is 12.9 Å². The lowest BCUT2D eigenvalue weighted by Gasteiger charge is -1.81. The number of carboxylic acid groups (broad SMARTS) is 2. The molecule has 18 heavy (non-hydrogen) atoms. The summed E-state index contributed by atoms with van der Waals surface area (Å²) in [7, 11) is 0. The van der Waals surface area contributed by atoms with Gasteiger partial charge in [-0.05, 0) is 12.1 Å². The highest BCUT2D eigenvalue weighted by atomic mass is 16.3.